The first-order chi connectivity index (χ1) is 18.7. The van der Waals surface area contributed by atoms with Crippen LogP contribution in [-0.4, -0.2) is 81.5 Å². The minimum atomic E-state index is -1.26. The van der Waals surface area contributed by atoms with Crippen LogP contribution < -0.4 is 21.7 Å². The van der Waals surface area contributed by atoms with Gasteiger partial charge in [-0.25, -0.2) is 4.79 Å². The van der Waals surface area contributed by atoms with Gasteiger partial charge < -0.3 is 36.8 Å². The number of amides is 4. The molecule has 4 amide bonds. The Kier molecular flexibility index (Phi) is 11.9. The van der Waals surface area contributed by atoms with Crippen molar-refractivity contribution < 1.29 is 34.2 Å². The molecule has 1 aromatic rings. The van der Waals surface area contributed by atoms with Crippen molar-refractivity contribution in [1.29, 1.82) is 0 Å². The van der Waals surface area contributed by atoms with Crippen molar-refractivity contribution in [3.05, 3.63) is 29.8 Å². The summed E-state index contributed by atoms with van der Waals surface area (Å²) >= 11 is 0. The van der Waals surface area contributed by atoms with E-state index in [1.165, 1.54) is 24.0 Å². The Balaban J connectivity index is 2.16. The molecule has 0 saturated carbocycles. The highest BCUT2D eigenvalue weighted by Gasteiger charge is 2.40. The van der Waals surface area contributed by atoms with Crippen LogP contribution in [0.25, 0.3) is 0 Å². The van der Waals surface area contributed by atoms with Crippen molar-refractivity contribution in [2.45, 2.75) is 90.5 Å². The minimum absolute atomic E-state index is 0.00322. The van der Waals surface area contributed by atoms with Crippen LogP contribution in [0.15, 0.2) is 24.3 Å². The highest BCUT2D eigenvalue weighted by molar-refractivity contribution is 5.95. The largest absolute Gasteiger partial charge is 0.508 e. The molecule has 0 aromatic heterocycles. The molecule has 7 N–H and O–H groups in total. The lowest BCUT2D eigenvalue weighted by Gasteiger charge is -2.32. The van der Waals surface area contributed by atoms with Gasteiger partial charge >= 0.3 is 5.97 Å². The Morgan fingerprint density at radius 2 is 1.57 bits per heavy atom. The van der Waals surface area contributed by atoms with E-state index in [9.17, 15) is 34.2 Å². The average molecular weight is 562 g/mol. The molecule has 1 heterocycles. The zero-order valence-corrected chi connectivity index (χ0v) is 23.8. The number of nitrogens with one attached hydrogen (secondary N) is 3. The normalized spacial score (nSPS) is 18.1. The molecule has 1 fully saturated rings. The van der Waals surface area contributed by atoms with Crippen LogP contribution in [0.2, 0.25) is 0 Å². The summed E-state index contributed by atoms with van der Waals surface area (Å²) in [7, 11) is 0. The molecule has 1 aliphatic heterocycles. The molecule has 12 nitrogen and oxygen atoms in total. The number of aromatic hydroxyl groups is 1. The van der Waals surface area contributed by atoms with Crippen molar-refractivity contribution in [1.82, 2.24) is 20.9 Å². The summed E-state index contributed by atoms with van der Waals surface area (Å²) in [5, 5.41) is 27.1. The van der Waals surface area contributed by atoms with Gasteiger partial charge in [0.15, 0.2) is 0 Å². The van der Waals surface area contributed by atoms with Gasteiger partial charge in [-0.3, -0.25) is 19.2 Å². The average Bonchev–Trinajstić information content (AvgIpc) is 3.36. The van der Waals surface area contributed by atoms with E-state index in [0.29, 0.717) is 24.9 Å². The van der Waals surface area contributed by atoms with E-state index in [-0.39, 0.29) is 30.4 Å². The smallest absolute Gasteiger partial charge is 0.326 e. The molecule has 2 rings (SSSR count). The zero-order valence-electron chi connectivity index (χ0n) is 23.8. The number of carbonyl (C=O) groups is 5. The molecule has 1 aromatic carbocycles. The maximum absolute atomic E-state index is 13.4. The van der Waals surface area contributed by atoms with E-state index in [4.69, 9.17) is 5.73 Å². The molecule has 12 heteroatoms. The summed E-state index contributed by atoms with van der Waals surface area (Å²) in [5.41, 5.74) is 6.26. The maximum atomic E-state index is 13.4. The van der Waals surface area contributed by atoms with E-state index < -0.39 is 59.8 Å². The number of likely N-dealkylation sites (tertiary alicyclic amines) is 1. The number of rotatable bonds is 13. The summed E-state index contributed by atoms with van der Waals surface area (Å²) < 4.78 is 0. The number of carboxylic acids is 1. The van der Waals surface area contributed by atoms with Gasteiger partial charge in [-0.1, -0.05) is 39.8 Å². The third-order valence-electron chi connectivity index (χ3n) is 6.81. The standard InChI is InChI=1S/C28H43N5O7/c1-15(2)13-20(25(36)31-21(28(39)40)14-18-8-10-19(34)11-9-18)30-26(37)22-7-6-12-33(22)27(38)23(16(3)4)32-24(35)17(5)29/h8-11,15-17,20-23,34H,6-7,12-14,29H2,1-5H3,(H,30,37)(H,31,36)(H,32,35)(H,39,40)/t17-,20-,21-,22-,23-/m0/s1. The van der Waals surface area contributed by atoms with E-state index in [2.05, 4.69) is 16.0 Å². The van der Waals surface area contributed by atoms with E-state index in [1.54, 1.807) is 26.0 Å². The Hall–Kier alpha value is -3.67. The molecule has 0 bridgehead atoms. The fourth-order valence-electron chi connectivity index (χ4n) is 4.59. The molecule has 0 radical (unpaired) electrons. The van der Waals surface area contributed by atoms with Crippen LogP contribution in [0, 0.1) is 11.8 Å². The van der Waals surface area contributed by atoms with Crippen molar-refractivity contribution in [3.8, 4) is 5.75 Å². The Labute approximate surface area is 235 Å². The van der Waals surface area contributed by atoms with Crippen LogP contribution in [0.1, 0.15) is 59.4 Å². The summed E-state index contributed by atoms with van der Waals surface area (Å²) in [6.07, 6.45) is 1.20. The van der Waals surface area contributed by atoms with Crippen molar-refractivity contribution in [3.63, 3.8) is 0 Å². The van der Waals surface area contributed by atoms with Crippen LogP contribution in [0.4, 0.5) is 0 Å². The monoisotopic (exact) mass is 561 g/mol. The second-order valence-corrected chi connectivity index (χ2v) is 11.2. The topological polar surface area (TPSA) is 191 Å². The summed E-state index contributed by atoms with van der Waals surface area (Å²) in [6.45, 7) is 9.16. The highest BCUT2D eigenvalue weighted by Crippen LogP contribution is 2.21. The summed E-state index contributed by atoms with van der Waals surface area (Å²) in [6, 6.07) is 1.21. The SMILES string of the molecule is CC(C)C[C@H](NC(=O)[C@@H]1CCCN1C(=O)[C@@H](NC(=O)[C@H](C)N)C(C)C)C(=O)N[C@@H](Cc1ccc(O)cc1)C(=O)O. The molecule has 5 atom stereocenters. The number of hydrogen-bond acceptors (Lipinski definition) is 7. The number of phenolic OH excluding ortho intramolecular Hbond substituents is 1. The highest BCUT2D eigenvalue weighted by atomic mass is 16.4. The van der Waals surface area contributed by atoms with E-state index in [1.807, 2.05) is 13.8 Å². The minimum Gasteiger partial charge on any atom is -0.508 e. The lowest BCUT2D eigenvalue weighted by Crippen LogP contribution is -2.59. The van der Waals surface area contributed by atoms with Crippen LogP contribution >= 0.6 is 0 Å². The number of carbonyl (C=O) groups excluding carboxylic acids is 4. The van der Waals surface area contributed by atoms with Gasteiger partial charge in [0.25, 0.3) is 0 Å². The molecule has 222 valence electrons. The fraction of sp³-hybridized carbons (Fsp3) is 0.607. The second kappa shape index (κ2) is 14.6. The van der Waals surface area contributed by atoms with Gasteiger partial charge in [0.2, 0.25) is 23.6 Å². The Bertz CT molecular complexity index is 1060. The van der Waals surface area contributed by atoms with Gasteiger partial charge in [0.1, 0.15) is 29.9 Å². The molecule has 1 saturated heterocycles. The fourth-order valence-corrected chi connectivity index (χ4v) is 4.59. The number of hydrogen-bond donors (Lipinski definition) is 6. The molecular weight excluding hydrogens is 518 g/mol. The van der Waals surface area contributed by atoms with E-state index >= 15 is 0 Å². The van der Waals surface area contributed by atoms with Gasteiger partial charge in [-0.2, -0.15) is 0 Å². The number of benzene rings is 1. The van der Waals surface area contributed by atoms with E-state index in [0.717, 1.165) is 0 Å². The maximum Gasteiger partial charge on any atom is 0.326 e. The first-order valence-electron chi connectivity index (χ1n) is 13.7. The van der Waals surface area contributed by atoms with Gasteiger partial charge in [0, 0.05) is 13.0 Å². The molecule has 0 aliphatic carbocycles. The lowest BCUT2D eigenvalue weighted by molar-refractivity contribution is -0.144. The molecule has 0 spiro atoms. The number of aliphatic carboxylic acids is 1. The molecular formula is C28H43N5O7. The van der Waals surface area contributed by atoms with Crippen LogP contribution in [-0.2, 0) is 30.4 Å². The Morgan fingerprint density at radius 1 is 0.950 bits per heavy atom. The van der Waals surface area contributed by atoms with Gasteiger partial charge in [-0.15, -0.1) is 0 Å². The first-order valence-corrected chi connectivity index (χ1v) is 13.7. The third kappa shape index (κ3) is 9.22. The van der Waals surface area contributed by atoms with Gasteiger partial charge in [-0.05, 0) is 55.7 Å². The van der Waals surface area contributed by atoms with Crippen LogP contribution in [0.3, 0.4) is 0 Å². The molecule has 40 heavy (non-hydrogen) atoms. The summed E-state index contributed by atoms with van der Waals surface area (Å²) in [5.74, 6) is -3.48. The zero-order chi connectivity index (χ0) is 30.1. The Morgan fingerprint density at radius 3 is 2.10 bits per heavy atom. The predicted octanol–water partition coefficient (Wildman–Crippen LogP) is 0.514. The van der Waals surface area contributed by atoms with Crippen molar-refractivity contribution >= 4 is 29.6 Å². The lowest BCUT2D eigenvalue weighted by atomic mass is 10.00. The van der Waals surface area contributed by atoms with Crippen molar-refractivity contribution in [2.75, 3.05) is 6.54 Å². The van der Waals surface area contributed by atoms with Crippen molar-refractivity contribution in [2.24, 2.45) is 17.6 Å². The second-order valence-electron chi connectivity index (χ2n) is 11.2. The molecule has 0 unspecified atom stereocenters. The number of carboxylic acid groups (broad SMARTS) is 1. The van der Waals surface area contributed by atoms with Gasteiger partial charge in [0.05, 0.1) is 6.04 Å². The summed E-state index contributed by atoms with van der Waals surface area (Å²) in [4.78, 5) is 65.5. The third-order valence-corrected chi connectivity index (χ3v) is 6.81. The number of nitrogens with two attached hydrogens (primary N) is 1. The predicted molar refractivity (Wildman–Crippen MR) is 148 cm³/mol. The van der Waals surface area contributed by atoms with Crippen LogP contribution in [0.5, 0.6) is 5.75 Å². The number of phenols is 1. The molecule has 1 aliphatic rings. The first kappa shape index (κ1) is 32.5. The number of nitrogens with zero attached hydrogens (tertiary/aromatic N) is 1. The quantitative estimate of drug-likeness (QED) is 0.201.